The number of amides is 1. The molecule has 6 heteroatoms. The predicted octanol–water partition coefficient (Wildman–Crippen LogP) is 0.157. The van der Waals surface area contributed by atoms with Crippen LogP contribution >= 0.6 is 12.4 Å². The van der Waals surface area contributed by atoms with Gasteiger partial charge < -0.3 is 15.7 Å². The maximum Gasteiger partial charge on any atom is 0.273 e. The number of hydrogen-bond acceptors (Lipinski definition) is 4. The molecule has 1 saturated heterocycles. The summed E-state index contributed by atoms with van der Waals surface area (Å²) in [6.45, 7) is 1.95. The van der Waals surface area contributed by atoms with E-state index in [1.54, 1.807) is 6.07 Å². The van der Waals surface area contributed by atoms with Crippen molar-refractivity contribution in [2.45, 2.75) is 6.04 Å². The van der Waals surface area contributed by atoms with Crippen molar-refractivity contribution in [3.8, 4) is 5.75 Å². The van der Waals surface area contributed by atoms with Crippen LogP contribution in [0, 0.1) is 11.8 Å². The SMILES string of the molecule is Cl.O=C(NC1C2CNCC21)c1ncccc1O. The number of nitrogens with zero attached hydrogens (tertiary/aromatic N) is 1. The average molecular weight is 256 g/mol. The van der Waals surface area contributed by atoms with Crippen molar-refractivity contribution in [2.75, 3.05) is 13.1 Å². The fraction of sp³-hybridized carbons (Fsp3) is 0.455. The molecule has 92 valence electrons. The molecule has 1 aliphatic heterocycles. The topological polar surface area (TPSA) is 74.2 Å². The van der Waals surface area contributed by atoms with Crippen molar-refractivity contribution in [1.82, 2.24) is 15.6 Å². The number of carbonyl (C=O) groups excluding carboxylic acids is 1. The van der Waals surface area contributed by atoms with Gasteiger partial charge in [0.25, 0.3) is 5.91 Å². The molecule has 2 unspecified atom stereocenters. The molecule has 1 aromatic heterocycles. The third-order valence-electron chi connectivity index (χ3n) is 3.39. The van der Waals surface area contributed by atoms with Crippen LogP contribution in [0.25, 0.3) is 0 Å². The van der Waals surface area contributed by atoms with E-state index in [4.69, 9.17) is 0 Å². The van der Waals surface area contributed by atoms with Crippen molar-refractivity contribution in [1.29, 1.82) is 0 Å². The first-order valence-corrected chi connectivity index (χ1v) is 5.43. The molecule has 2 atom stereocenters. The molecule has 2 heterocycles. The number of carbonyl (C=O) groups is 1. The quantitative estimate of drug-likeness (QED) is 0.704. The second kappa shape index (κ2) is 4.50. The van der Waals surface area contributed by atoms with Gasteiger partial charge in [0.05, 0.1) is 0 Å². The van der Waals surface area contributed by atoms with E-state index >= 15 is 0 Å². The zero-order chi connectivity index (χ0) is 11.1. The van der Waals surface area contributed by atoms with Gasteiger partial charge in [-0.25, -0.2) is 4.98 Å². The molecule has 3 N–H and O–H groups in total. The van der Waals surface area contributed by atoms with Crippen molar-refractivity contribution in [2.24, 2.45) is 11.8 Å². The maximum atomic E-state index is 11.8. The molecule has 1 aliphatic carbocycles. The number of piperidine rings is 1. The van der Waals surface area contributed by atoms with E-state index in [2.05, 4.69) is 15.6 Å². The highest BCUT2D eigenvalue weighted by atomic mass is 35.5. The summed E-state index contributed by atoms with van der Waals surface area (Å²) in [6.07, 6.45) is 1.50. The van der Waals surface area contributed by atoms with E-state index in [9.17, 15) is 9.90 Å². The number of fused-ring (bicyclic) bond motifs is 1. The number of nitrogens with one attached hydrogen (secondary N) is 2. The highest BCUT2D eigenvalue weighted by Gasteiger charge is 2.53. The zero-order valence-electron chi connectivity index (χ0n) is 9.09. The number of aromatic hydroxyl groups is 1. The van der Waals surface area contributed by atoms with E-state index in [1.807, 2.05) is 0 Å². The molecule has 0 radical (unpaired) electrons. The molecule has 17 heavy (non-hydrogen) atoms. The van der Waals surface area contributed by atoms with Gasteiger partial charge in [-0.05, 0) is 24.0 Å². The minimum atomic E-state index is -0.280. The van der Waals surface area contributed by atoms with Crippen molar-refractivity contribution < 1.29 is 9.90 Å². The maximum absolute atomic E-state index is 11.8. The Labute approximate surface area is 105 Å². The lowest BCUT2D eigenvalue weighted by Gasteiger charge is -2.07. The fourth-order valence-corrected chi connectivity index (χ4v) is 2.42. The number of pyridine rings is 1. The van der Waals surface area contributed by atoms with Crippen molar-refractivity contribution in [3.63, 3.8) is 0 Å². The summed E-state index contributed by atoms with van der Waals surface area (Å²) >= 11 is 0. The van der Waals surface area contributed by atoms with E-state index < -0.39 is 0 Å². The summed E-state index contributed by atoms with van der Waals surface area (Å²) in [4.78, 5) is 15.7. The van der Waals surface area contributed by atoms with Crippen LogP contribution in [0.2, 0.25) is 0 Å². The van der Waals surface area contributed by atoms with Crippen LogP contribution in [0.1, 0.15) is 10.5 Å². The van der Waals surface area contributed by atoms with E-state index in [-0.39, 0.29) is 35.8 Å². The Kier molecular flexibility index (Phi) is 3.22. The van der Waals surface area contributed by atoms with Crippen LogP contribution in [0.3, 0.4) is 0 Å². The minimum Gasteiger partial charge on any atom is -0.505 e. The number of rotatable bonds is 2. The second-order valence-electron chi connectivity index (χ2n) is 4.36. The van der Waals surface area contributed by atoms with Crippen molar-refractivity contribution in [3.05, 3.63) is 24.0 Å². The zero-order valence-corrected chi connectivity index (χ0v) is 9.91. The van der Waals surface area contributed by atoms with Crippen LogP contribution in [0.15, 0.2) is 18.3 Å². The molecular formula is C11H14ClN3O2. The van der Waals surface area contributed by atoms with Gasteiger partial charge in [-0.2, -0.15) is 0 Å². The Morgan fingerprint density at radius 1 is 1.47 bits per heavy atom. The van der Waals surface area contributed by atoms with Crippen LogP contribution < -0.4 is 10.6 Å². The summed E-state index contributed by atoms with van der Waals surface area (Å²) in [5.74, 6) is 0.783. The average Bonchev–Trinajstić information content (AvgIpc) is 2.75. The lowest BCUT2D eigenvalue weighted by atomic mass is 10.3. The molecule has 1 amide bonds. The molecular weight excluding hydrogens is 242 g/mol. The van der Waals surface area contributed by atoms with Gasteiger partial charge in [0.15, 0.2) is 5.69 Å². The van der Waals surface area contributed by atoms with Crippen LogP contribution in [-0.2, 0) is 0 Å². The number of aromatic nitrogens is 1. The largest absolute Gasteiger partial charge is 0.505 e. The third kappa shape index (κ3) is 2.08. The molecule has 2 fully saturated rings. The van der Waals surface area contributed by atoms with Crippen molar-refractivity contribution >= 4 is 18.3 Å². The monoisotopic (exact) mass is 255 g/mol. The standard InChI is InChI=1S/C11H13N3O2.ClH/c15-8-2-1-3-13-10(8)11(16)14-9-6-4-12-5-7(6)9;/h1-3,6-7,9,12,15H,4-5H2,(H,14,16);1H. The summed E-state index contributed by atoms with van der Waals surface area (Å²) in [5, 5.41) is 15.7. The molecule has 0 aromatic carbocycles. The third-order valence-corrected chi connectivity index (χ3v) is 3.39. The van der Waals surface area contributed by atoms with E-state index in [1.165, 1.54) is 12.3 Å². The van der Waals surface area contributed by atoms with Gasteiger partial charge in [0.1, 0.15) is 5.75 Å². The van der Waals surface area contributed by atoms with Gasteiger partial charge in [0.2, 0.25) is 0 Å². The Bertz CT molecular complexity index is 430. The molecule has 3 rings (SSSR count). The summed E-state index contributed by atoms with van der Waals surface area (Å²) in [7, 11) is 0. The normalized spacial score (nSPS) is 29.1. The minimum absolute atomic E-state index is 0. The molecule has 1 saturated carbocycles. The van der Waals surface area contributed by atoms with Gasteiger partial charge in [-0.15, -0.1) is 12.4 Å². The lowest BCUT2D eigenvalue weighted by Crippen LogP contribution is -2.32. The first-order valence-electron chi connectivity index (χ1n) is 5.43. The Hall–Kier alpha value is -1.33. The van der Waals surface area contributed by atoms with E-state index in [0.29, 0.717) is 11.8 Å². The number of hydrogen-bond donors (Lipinski definition) is 3. The molecule has 0 bridgehead atoms. The summed E-state index contributed by atoms with van der Waals surface area (Å²) < 4.78 is 0. The number of halogens is 1. The molecule has 2 aliphatic rings. The Morgan fingerprint density at radius 2 is 2.18 bits per heavy atom. The highest BCUT2D eigenvalue weighted by Crippen LogP contribution is 2.41. The fourth-order valence-electron chi connectivity index (χ4n) is 2.42. The predicted molar refractivity (Wildman–Crippen MR) is 64.3 cm³/mol. The van der Waals surface area contributed by atoms with Gasteiger partial charge in [-0.1, -0.05) is 0 Å². The highest BCUT2D eigenvalue weighted by molar-refractivity contribution is 5.95. The first kappa shape index (κ1) is 12.1. The summed E-state index contributed by atoms with van der Waals surface area (Å²) in [5.41, 5.74) is 0.112. The Balaban J connectivity index is 0.00000108. The van der Waals surface area contributed by atoms with Gasteiger partial charge >= 0.3 is 0 Å². The van der Waals surface area contributed by atoms with Gasteiger partial charge in [0, 0.05) is 25.3 Å². The molecule has 1 aromatic rings. The van der Waals surface area contributed by atoms with Crippen LogP contribution in [0.4, 0.5) is 0 Å². The van der Waals surface area contributed by atoms with Crippen LogP contribution in [0.5, 0.6) is 5.75 Å². The van der Waals surface area contributed by atoms with Crippen LogP contribution in [-0.4, -0.2) is 35.1 Å². The first-order chi connectivity index (χ1) is 7.77. The second-order valence-corrected chi connectivity index (χ2v) is 4.36. The summed E-state index contributed by atoms with van der Waals surface area (Å²) in [6, 6.07) is 3.33. The molecule has 5 nitrogen and oxygen atoms in total. The Morgan fingerprint density at radius 3 is 2.82 bits per heavy atom. The van der Waals surface area contributed by atoms with E-state index in [0.717, 1.165) is 13.1 Å². The lowest BCUT2D eigenvalue weighted by molar-refractivity contribution is 0.0938. The molecule has 0 spiro atoms. The van der Waals surface area contributed by atoms with Gasteiger partial charge in [-0.3, -0.25) is 4.79 Å². The smallest absolute Gasteiger partial charge is 0.273 e.